The molecule has 0 aliphatic rings. The fraction of sp³-hybridized carbons (Fsp3) is 0.0625. The zero-order chi connectivity index (χ0) is 18.1. The van der Waals surface area contributed by atoms with Crippen LogP contribution in [0.15, 0.2) is 70.1 Å². The summed E-state index contributed by atoms with van der Waals surface area (Å²) in [6, 6.07) is 13.4. The smallest absolute Gasteiger partial charge is 0.354 e. The predicted molar refractivity (Wildman–Crippen MR) is 84.2 cm³/mol. The van der Waals surface area contributed by atoms with Crippen LogP contribution in [0.25, 0.3) is 11.3 Å². The topological polar surface area (TPSA) is 72.2 Å². The van der Waals surface area contributed by atoms with Crippen LogP contribution in [0.1, 0.15) is 5.56 Å². The first-order valence-electron chi connectivity index (χ1n) is 6.98. The van der Waals surface area contributed by atoms with Crippen molar-refractivity contribution in [3.63, 3.8) is 0 Å². The monoisotopic (exact) mass is 368 g/mol. The Balaban J connectivity index is 1.81. The number of rotatable bonds is 4. The second-order valence-corrected chi connectivity index (χ2v) is 6.75. The summed E-state index contributed by atoms with van der Waals surface area (Å²) < 4.78 is 69.3. The van der Waals surface area contributed by atoms with Crippen molar-refractivity contribution in [3.8, 4) is 11.3 Å². The Kier molecular flexibility index (Phi) is 4.25. The Morgan fingerprint density at radius 2 is 1.60 bits per heavy atom. The molecule has 0 radical (unpaired) electrons. The lowest BCUT2D eigenvalue weighted by Gasteiger charge is -2.08. The Morgan fingerprint density at radius 3 is 2.20 bits per heavy atom. The molecule has 0 aliphatic heterocycles. The number of nitrogens with zero attached hydrogens (tertiary/aromatic N) is 1. The molecule has 2 aromatic carbocycles. The van der Waals surface area contributed by atoms with Gasteiger partial charge in [0.2, 0.25) is 0 Å². The molecule has 5 nitrogen and oxygen atoms in total. The maximum Gasteiger partial charge on any atom is 0.416 e. The van der Waals surface area contributed by atoms with Crippen LogP contribution in [0.4, 0.5) is 19.0 Å². The van der Waals surface area contributed by atoms with E-state index in [1.165, 1.54) is 6.07 Å². The van der Waals surface area contributed by atoms with Crippen molar-refractivity contribution in [2.75, 3.05) is 4.72 Å². The molecule has 3 rings (SSSR count). The first-order valence-corrected chi connectivity index (χ1v) is 8.46. The summed E-state index contributed by atoms with van der Waals surface area (Å²) in [5.41, 5.74) is -0.228. The highest BCUT2D eigenvalue weighted by Crippen LogP contribution is 2.30. The fourth-order valence-corrected chi connectivity index (χ4v) is 3.07. The number of anilines is 1. The molecule has 0 atom stereocenters. The molecule has 0 amide bonds. The van der Waals surface area contributed by atoms with Gasteiger partial charge in [0.1, 0.15) is 0 Å². The van der Waals surface area contributed by atoms with Gasteiger partial charge in [-0.05, 0) is 24.3 Å². The van der Waals surface area contributed by atoms with E-state index in [4.69, 9.17) is 4.52 Å². The molecule has 25 heavy (non-hydrogen) atoms. The van der Waals surface area contributed by atoms with Crippen LogP contribution in [-0.4, -0.2) is 13.6 Å². The molecule has 0 unspecified atom stereocenters. The van der Waals surface area contributed by atoms with Crippen LogP contribution in [0, 0.1) is 0 Å². The van der Waals surface area contributed by atoms with E-state index in [0.717, 1.165) is 12.1 Å². The van der Waals surface area contributed by atoms with Gasteiger partial charge in [0.15, 0.2) is 11.6 Å². The number of aromatic nitrogens is 1. The first kappa shape index (κ1) is 17.0. The normalized spacial score (nSPS) is 12.1. The van der Waals surface area contributed by atoms with Crippen LogP contribution >= 0.6 is 0 Å². The van der Waals surface area contributed by atoms with Gasteiger partial charge in [-0.1, -0.05) is 35.5 Å². The summed E-state index contributed by atoms with van der Waals surface area (Å²) >= 11 is 0. The first-order chi connectivity index (χ1) is 11.8. The minimum Gasteiger partial charge on any atom is -0.354 e. The van der Waals surface area contributed by atoms with E-state index < -0.39 is 21.8 Å². The lowest BCUT2D eigenvalue weighted by Crippen LogP contribution is -2.13. The van der Waals surface area contributed by atoms with E-state index in [2.05, 4.69) is 9.88 Å². The Bertz CT molecular complexity index is 966. The van der Waals surface area contributed by atoms with Gasteiger partial charge in [0.05, 0.1) is 10.5 Å². The van der Waals surface area contributed by atoms with E-state index in [1.807, 2.05) is 6.07 Å². The van der Waals surface area contributed by atoms with Gasteiger partial charge in [-0.25, -0.2) is 8.42 Å². The van der Waals surface area contributed by atoms with E-state index >= 15 is 0 Å². The van der Waals surface area contributed by atoms with Gasteiger partial charge in [0.25, 0.3) is 10.0 Å². The highest BCUT2D eigenvalue weighted by molar-refractivity contribution is 7.92. The highest BCUT2D eigenvalue weighted by Gasteiger charge is 2.30. The number of sulfonamides is 1. The molecular formula is C16H11F3N2O3S. The van der Waals surface area contributed by atoms with Crippen molar-refractivity contribution in [1.29, 1.82) is 0 Å². The van der Waals surface area contributed by atoms with Crippen LogP contribution in [0.5, 0.6) is 0 Å². The summed E-state index contributed by atoms with van der Waals surface area (Å²) in [5.74, 6) is 0.282. The van der Waals surface area contributed by atoms with Crippen molar-refractivity contribution < 1.29 is 26.1 Å². The van der Waals surface area contributed by atoms with Crippen molar-refractivity contribution >= 4 is 15.8 Å². The molecule has 0 aliphatic carbocycles. The number of hydrogen-bond acceptors (Lipinski definition) is 4. The Morgan fingerprint density at radius 1 is 0.960 bits per heavy atom. The third kappa shape index (κ3) is 3.82. The van der Waals surface area contributed by atoms with Gasteiger partial charge in [-0.2, -0.15) is 13.2 Å². The third-order valence-corrected chi connectivity index (χ3v) is 4.67. The molecule has 1 aromatic heterocycles. The largest absolute Gasteiger partial charge is 0.416 e. The number of alkyl halides is 3. The number of benzene rings is 2. The molecule has 0 saturated carbocycles. The van der Waals surface area contributed by atoms with E-state index in [-0.39, 0.29) is 10.7 Å². The summed E-state index contributed by atoms with van der Waals surface area (Å²) in [5, 5.41) is 3.61. The standard InChI is InChI=1S/C16H11F3N2O3S/c17-16(18,19)12-6-8-13(9-7-12)25(22,23)21-15-10-14(24-20-15)11-4-2-1-3-5-11/h1-10H,(H,20,21). The zero-order valence-electron chi connectivity index (χ0n) is 12.5. The number of halogens is 3. The lowest BCUT2D eigenvalue weighted by atomic mass is 10.2. The van der Waals surface area contributed by atoms with Crippen LogP contribution in [0.3, 0.4) is 0 Å². The molecule has 1 heterocycles. The fourth-order valence-electron chi connectivity index (χ4n) is 2.08. The third-order valence-electron chi connectivity index (χ3n) is 3.30. The maximum absolute atomic E-state index is 12.5. The van der Waals surface area contributed by atoms with E-state index in [0.29, 0.717) is 23.5 Å². The molecule has 1 N–H and O–H groups in total. The van der Waals surface area contributed by atoms with Crippen molar-refractivity contribution in [2.45, 2.75) is 11.1 Å². The highest BCUT2D eigenvalue weighted by atomic mass is 32.2. The van der Waals surface area contributed by atoms with E-state index in [1.54, 1.807) is 24.3 Å². The van der Waals surface area contributed by atoms with Gasteiger partial charge in [-0.15, -0.1) is 0 Å². The Labute approximate surface area is 141 Å². The molecule has 0 fully saturated rings. The minimum absolute atomic E-state index is 0.0706. The van der Waals surface area contributed by atoms with Crippen LogP contribution < -0.4 is 4.72 Å². The summed E-state index contributed by atoms with van der Waals surface area (Å²) in [7, 11) is -4.08. The van der Waals surface area contributed by atoms with Crippen molar-refractivity contribution in [1.82, 2.24) is 5.16 Å². The minimum atomic E-state index is -4.54. The van der Waals surface area contributed by atoms with Crippen LogP contribution in [0.2, 0.25) is 0 Å². The average molecular weight is 368 g/mol. The zero-order valence-corrected chi connectivity index (χ0v) is 13.3. The van der Waals surface area contributed by atoms with Crippen LogP contribution in [-0.2, 0) is 16.2 Å². The summed E-state index contributed by atoms with van der Waals surface area (Å²) in [6.45, 7) is 0. The lowest BCUT2D eigenvalue weighted by molar-refractivity contribution is -0.137. The quantitative estimate of drug-likeness (QED) is 0.751. The molecule has 0 saturated heterocycles. The van der Waals surface area contributed by atoms with Crippen molar-refractivity contribution in [2.24, 2.45) is 0 Å². The second kappa shape index (κ2) is 6.25. The molecular weight excluding hydrogens is 357 g/mol. The Hall–Kier alpha value is -2.81. The molecule has 0 bridgehead atoms. The SMILES string of the molecule is O=S(=O)(Nc1cc(-c2ccccc2)on1)c1ccc(C(F)(F)F)cc1. The summed E-state index contributed by atoms with van der Waals surface area (Å²) in [6.07, 6.45) is -4.54. The number of nitrogens with one attached hydrogen (secondary N) is 1. The predicted octanol–water partition coefficient (Wildman–Crippen LogP) is 4.16. The van der Waals surface area contributed by atoms with Crippen molar-refractivity contribution in [3.05, 3.63) is 66.2 Å². The summed E-state index contributed by atoms with van der Waals surface area (Å²) in [4.78, 5) is -0.315. The van der Waals surface area contributed by atoms with Gasteiger partial charge >= 0.3 is 6.18 Å². The molecule has 130 valence electrons. The molecule has 9 heteroatoms. The maximum atomic E-state index is 12.5. The van der Waals surface area contributed by atoms with E-state index in [9.17, 15) is 21.6 Å². The van der Waals surface area contributed by atoms with Gasteiger partial charge < -0.3 is 4.52 Å². The second-order valence-electron chi connectivity index (χ2n) is 5.07. The van der Waals surface area contributed by atoms with Gasteiger partial charge in [0, 0.05) is 11.6 Å². The molecule has 3 aromatic rings. The number of hydrogen-bond donors (Lipinski definition) is 1. The average Bonchev–Trinajstić information content (AvgIpc) is 3.03. The molecule has 0 spiro atoms. The van der Waals surface area contributed by atoms with Gasteiger partial charge in [-0.3, -0.25) is 4.72 Å².